The van der Waals surface area contributed by atoms with E-state index in [-0.39, 0.29) is 39.0 Å². The smallest absolute Gasteiger partial charge is 0.741 e. The van der Waals surface area contributed by atoms with Gasteiger partial charge >= 0.3 is 61.0 Å². The summed E-state index contributed by atoms with van der Waals surface area (Å²) in [5.41, 5.74) is -15.7. The average molecular weight is 1430 g/mol. The molecule has 6 heterocycles. The summed E-state index contributed by atoms with van der Waals surface area (Å²) in [6, 6.07) is 42.0. The molecule has 6 aromatic heterocycles. The van der Waals surface area contributed by atoms with Crippen LogP contribution in [0.2, 0.25) is 0 Å². The van der Waals surface area contributed by atoms with Crippen LogP contribution in [0.5, 0.6) is 0 Å². The number of aromatic nitrogens is 6. The zero-order valence-electron chi connectivity index (χ0n) is 40.9. The van der Waals surface area contributed by atoms with E-state index in [4.69, 9.17) is 72.9 Å². The molecule has 0 saturated carbocycles. The van der Waals surface area contributed by atoms with Crippen molar-refractivity contribution in [1.29, 1.82) is 21.0 Å². The van der Waals surface area contributed by atoms with Crippen molar-refractivity contribution in [2.45, 2.75) is 49.7 Å². The van der Waals surface area contributed by atoms with Gasteiger partial charge in [0.05, 0.1) is 69.8 Å². The third-order valence-corrected chi connectivity index (χ3v) is 8.61. The third kappa shape index (κ3) is 40.1. The number of rotatable bonds is 4. The second kappa shape index (κ2) is 41.8. The number of pyridine rings is 6. The van der Waals surface area contributed by atoms with E-state index < -0.39 is 62.5 Å². The molecule has 0 atom stereocenters. The first-order chi connectivity index (χ1) is 36.5. The molecule has 6 aromatic rings. The van der Waals surface area contributed by atoms with Crippen LogP contribution in [0, 0.1) is 45.3 Å². The monoisotopic (exact) mass is 1430 g/mol. The fourth-order valence-corrected chi connectivity index (χ4v) is 3.50. The maximum Gasteiger partial charge on any atom is 2.00 e. The maximum absolute atomic E-state index is 10.7. The summed E-state index contributed by atoms with van der Waals surface area (Å²) >= 11 is 0. The molecule has 0 N–H and O–H groups in total. The van der Waals surface area contributed by atoms with Gasteiger partial charge in [0, 0.05) is 52.5 Å². The van der Waals surface area contributed by atoms with E-state index in [1.54, 1.807) is 49.1 Å². The summed E-state index contributed by atoms with van der Waals surface area (Å²) < 4.78 is 236. The van der Waals surface area contributed by atoms with E-state index in [0.29, 0.717) is 0 Å². The second-order valence-corrected chi connectivity index (χ2v) is 17.7. The van der Waals surface area contributed by atoms with E-state index in [2.05, 4.69) is 29.9 Å². The molecule has 0 aliphatic rings. The topological polar surface area (TPSA) is 401 Å². The van der Waals surface area contributed by atoms with Crippen LogP contribution in [-0.4, -0.2) is 104 Å². The van der Waals surface area contributed by atoms with Crippen molar-refractivity contribution >= 4 is 40.5 Å². The van der Waals surface area contributed by atoms with Gasteiger partial charge in [-0.2, -0.15) is 73.7 Å². The maximum atomic E-state index is 10.7. The van der Waals surface area contributed by atoms with E-state index >= 15 is 0 Å². The largest absolute Gasteiger partial charge is 2.00 e. The van der Waals surface area contributed by atoms with Gasteiger partial charge in [0.1, 0.15) is 0 Å². The van der Waals surface area contributed by atoms with Gasteiger partial charge < -0.3 is 18.2 Å². The predicted molar refractivity (Wildman–Crippen MR) is 250 cm³/mol. The predicted octanol–water partition coefficient (Wildman–Crippen LogP) is 8.73. The molecule has 0 fully saturated rings. The van der Waals surface area contributed by atoms with Gasteiger partial charge in [0.25, 0.3) is 0 Å². The Labute approximate surface area is 485 Å². The molecule has 0 aliphatic carbocycles. The van der Waals surface area contributed by atoms with Crippen molar-refractivity contribution in [2.75, 3.05) is 0 Å². The van der Waals surface area contributed by atoms with Gasteiger partial charge in [-0.15, -0.1) is 0 Å². The molecule has 40 heteroatoms. The summed E-state index contributed by atoms with van der Waals surface area (Å²) in [5.74, 6) is 0. The van der Waals surface area contributed by atoms with Gasteiger partial charge in [0.15, 0.2) is 40.5 Å². The molecule has 6 rings (SSSR count). The minimum Gasteiger partial charge on any atom is -0.741 e. The molecular weight excluding hydrogens is 1400 g/mol. The average Bonchev–Trinajstić information content (AvgIpc) is 3.35. The molecule has 0 aromatic carbocycles. The molecule has 2 radical (unpaired) electrons. The molecule has 0 bridgehead atoms. The number of hydrogen-bond donors (Lipinski definition) is 0. The summed E-state index contributed by atoms with van der Waals surface area (Å²) in [6.45, 7) is 5.72. The molecule has 0 saturated heterocycles. The molecule has 450 valence electrons. The Bertz CT molecular complexity index is 2940. The number of halogens is 12. The minimum absolute atomic E-state index is 0. The number of hydrogen-bond acceptors (Lipinski definition) is 22. The summed E-state index contributed by atoms with van der Waals surface area (Å²) in [7, 11) is -24.4. The Balaban J connectivity index is -0.000000210. The molecule has 22 nitrogen and oxygen atoms in total. The third-order valence-electron chi connectivity index (χ3n) is 6.34. The fraction of sp³-hybridized carbons (Fsp3) is 0.190. The Morgan fingerprint density at radius 2 is 0.439 bits per heavy atom. The molecule has 0 spiro atoms. The SMILES string of the molecule is CC#N.CC#N.CC#N.CC#N.O=S(=O)([O-])C(F)(F)F.O=S(=O)([O-])C(F)(F)F.O=S(=O)([O-])C(F)(F)F.O=S(=O)([O-])C(F)(F)F.[Rh+2].[Rh+2].c1ccc(-c2cccc(-c3ccccn3)n2)nc1.c1ccc(-c2cccc(-c3ccccn3)n2)nc1. The van der Waals surface area contributed by atoms with Crippen LogP contribution < -0.4 is 0 Å². The number of nitrogens with zero attached hydrogens (tertiary/aromatic N) is 10. The van der Waals surface area contributed by atoms with Crippen LogP contribution in [0.25, 0.3) is 45.6 Å². The zero-order chi connectivity index (χ0) is 63.2. The van der Waals surface area contributed by atoms with Gasteiger partial charge in [-0.25, -0.2) is 43.6 Å². The van der Waals surface area contributed by atoms with E-state index in [1.165, 1.54) is 27.7 Å². The Hall–Kier alpha value is -7.09. The van der Waals surface area contributed by atoms with Crippen molar-refractivity contribution in [3.63, 3.8) is 0 Å². The molecule has 82 heavy (non-hydrogen) atoms. The fourth-order valence-electron chi connectivity index (χ4n) is 3.50. The van der Waals surface area contributed by atoms with Crippen molar-refractivity contribution in [3.05, 3.63) is 134 Å². The van der Waals surface area contributed by atoms with Crippen molar-refractivity contribution in [3.8, 4) is 69.8 Å². The number of nitriles is 4. The van der Waals surface area contributed by atoms with Crippen molar-refractivity contribution < 1.29 is 144 Å². The second-order valence-electron chi connectivity index (χ2n) is 12.2. The summed E-state index contributed by atoms with van der Waals surface area (Å²) in [5, 5.41) is 29.3. The van der Waals surface area contributed by atoms with Crippen molar-refractivity contribution in [1.82, 2.24) is 29.9 Å². The van der Waals surface area contributed by atoms with E-state index in [0.717, 1.165) is 45.6 Å². The summed E-state index contributed by atoms with van der Waals surface area (Å²) in [4.78, 5) is 26.4. The first-order valence-electron chi connectivity index (χ1n) is 19.4. The Kier molecular flexibility index (Phi) is 44.0. The van der Waals surface area contributed by atoms with Crippen LogP contribution in [0.15, 0.2) is 134 Å². The van der Waals surface area contributed by atoms with Gasteiger partial charge in [-0.3, -0.25) is 19.9 Å². The van der Waals surface area contributed by atoms with Gasteiger partial charge in [0.2, 0.25) is 0 Å². The van der Waals surface area contributed by atoms with Gasteiger partial charge in [-0.1, -0.05) is 36.4 Å². The van der Waals surface area contributed by atoms with Crippen molar-refractivity contribution in [2.24, 2.45) is 0 Å². The zero-order valence-corrected chi connectivity index (χ0v) is 47.5. The first-order valence-corrected chi connectivity index (χ1v) is 25.1. The van der Waals surface area contributed by atoms with Crippen LogP contribution in [0.4, 0.5) is 52.7 Å². The molecule has 0 aliphatic heterocycles. The van der Waals surface area contributed by atoms with E-state index in [9.17, 15) is 52.7 Å². The van der Waals surface area contributed by atoms with Crippen LogP contribution in [0.1, 0.15) is 27.7 Å². The van der Waals surface area contributed by atoms with Crippen LogP contribution >= 0.6 is 0 Å². The Morgan fingerprint density at radius 3 is 0.537 bits per heavy atom. The quantitative estimate of drug-likeness (QED) is 0.0688. The number of alkyl halides is 12. The minimum atomic E-state index is -6.09. The first kappa shape index (κ1) is 86.2. The molecular formula is C42H34F12N10O12Rh2S4. The summed E-state index contributed by atoms with van der Waals surface area (Å²) in [6.07, 6.45) is 7.07. The van der Waals surface area contributed by atoms with E-state index in [1.807, 2.05) is 109 Å². The molecule has 0 amide bonds. The standard InChI is InChI=1S/2C15H11N3.4C2H3N.4CHF3O3S.2Rh/c2*1-3-10-16-12(6-1)14-8-5-9-15(18-14)13-7-2-4-11-17-13;4*1-2-3;4*2-1(3,4)8(5,6)7;;/h2*1-11H;4*1H3;4*(H,5,6,7);;/q;;;;;;;;;;2*+2/p-4. The Morgan fingerprint density at radius 1 is 0.317 bits per heavy atom. The van der Waals surface area contributed by atoms with Crippen LogP contribution in [-0.2, 0) is 79.4 Å². The normalized spacial score (nSPS) is 10.3. The van der Waals surface area contributed by atoms with Gasteiger partial charge in [-0.05, 0) is 72.8 Å². The molecule has 0 unspecified atom stereocenters. The van der Waals surface area contributed by atoms with Crippen LogP contribution in [0.3, 0.4) is 0 Å².